The van der Waals surface area contributed by atoms with E-state index in [0.717, 1.165) is 41.0 Å². The summed E-state index contributed by atoms with van der Waals surface area (Å²) in [4.78, 5) is 29.6. The van der Waals surface area contributed by atoms with Gasteiger partial charge in [0.2, 0.25) is 5.78 Å². The van der Waals surface area contributed by atoms with Gasteiger partial charge in [-0.3, -0.25) is 4.79 Å². The van der Waals surface area contributed by atoms with Gasteiger partial charge in [0.05, 0.1) is 11.7 Å². The van der Waals surface area contributed by atoms with Gasteiger partial charge in [-0.15, -0.1) is 11.8 Å². The predicted octanol–water partition coefficient (Wildman–Crippen LogP) is 4.87. The Morgan fingerprint density at radius 1 is 1.17 bits per heavy atom. The summed E-state index contributed by atoms with van der Waals surface area (Å²) in [6, 6.07) is 14.9. The molecule has 150 valence electrons. The van der Waals surface area contributed by atoms with Gasteiger partial charge in [-0.1, -0.05) is 30.3 Å². The number of fused-ring (bicyclic) bond motifs is 1. The number of thioether (sulfide) groups is 1. The van der Waals surface area contributed by atoms with E-state index in [9.17, 15) is 9.59 Å². The molecule has 3 aromatic rings. The molecule has 0 unspecified atom stereocenters. The minimum absolute atomic E-state index is 0.222. The number of rotatable bonds is 7. The van der Waals surface area contributed by atoms with Gasteiger partial charge in [0.1, 0.15) is 0 Å². The van der Waals surface area contributed by atoms with E-state index in [-0.39, 0.29) is 11.9 Å². The van der Waals surface area contributed by atoms with E-state index in [1.165, 1.54) is 0 Å². The first-order chi connectivity index (χ1) is 14.1. The molecule has 4 rings (SSSR count). The zero-order valence-corrected chi connectivity index (χ0v) is 17.0. The van der Waals surface area contributed by atoms with Gasteiger partial charge in [-0.25, -0.2) is 4.79 Å². The molecule has 1 fully saturated rings. The first kappa shape index (κ1) is 19.7. The van der Waals surface area contributed by atoms with Crippen LogP contribution in [0.5, 0.6) is 0 Å². The third-order valence-electron chi connectivity index (χ3n) is 5.06. The number of Topliss-reactive ketones (excluding diaryl/α,β-unsaturated/α-hetero) is 1. The molecule has 0 saturated carbocycles. The summed E-state index contributed by atoms with van der Waals surface area (Å²) in [6.45, 7) is 2.42. The number of ketones is 1. The molecule has 2 atom stereocenters. The van der Waals surface area contributed by atoms with E-state index in [0.29, 0.717) is 11.1 Å². The van der Waals surface area contributed by atoms with Gasteiger partial charge in [0, 0.05) is 39.9 Å². The summed E-state index contributed by atoms with van der Waals surface area (Å²) in [5.74, 6) is 0.0927. The molecular weight excluding hydrogens is 386 g/mol. The van der Waals surface area contributed by atoms with Crippen molar-refractivity contribution in [2.45, 2.75) is 36.9 Å². The molecule has 5 nitrogen and oxygen atoms in total. The molecule has 0 bridgehead atoms. The second-order valence-electron chi connectivity index (χ2n) is 7.10. The molecular formula is C23H23NO4S. The van der Waals surface area contributed by atoms with Gasteiger partial charge < -0.3 is 14.5 Å². The first-order valence-electron chi connectivity index (χ1n) is 9.78. The Morgan fingerprint density at radius 3 is 2.79 bits per heavy atom. The van der Waals surface area contributed by atoms with Crippen LogP contribution in [0.1, 0.15) is 40.5 Å². The summed E-state index contributed by atoms with van der Waals surface area (Å²) in [5, 5.41) is 0.827. The average Bonchev–Trinajstić information content (AvgIpc) is 3.41. The van der Waals surface area contributed by atoms with Crippen LogP contribution in [0.3, 0.4) is 0 Å². The fraction of sp³-hybridized carbons (Fsp3) is 0.304. The third-order valence-corrected chi connectivity index (χ3v) is 6.27. The fourth-order valence-electron chi connectivity index (χ4n) is 3.49. The number of para-hydroxylation sites is 1. The number of aromatic nitrogens is 1. The van der Waals surface area contributed by atoms with Crippen molar-refractivity contribution in [2.24, 2.45) is 0 Å². The molecule has 2 heterocycles. The molecule has 1 saturated heterocycles. The molecule has 0 amide bonds. The number of esters is 1. The summed E-state index contributed by atoms with van der Waals surface area (Å²) >= 11 is 1.59. The molecule has 2 aromatic carbocycles. The minimum Gasteiger partial charge on any atom is -0.451 e. The molecule has 1 aliphatic rings. The highest BCUT2D eigenvalue weighted by molar-refractivity contribution is 7.99. The van der Waals surface area contributed by atoms with E-state index in [1.54, 1.807) is 37.0 Å². The van der Waals surface area contributed by atoms with Crippen LogP contribution >= 0.6 is 11.8 Å². The standard InChI is InChI=1S/C23H23NO4S/c1-15(22(25)19-13-24-20-10-4-2-8-17(19)20)28-23(26)18-9-3-5-11-21(18)29-14-16-7-6-12-27-16/h2-5,8-11,13,15-16,24H,6-7,12,14H2,1H3/t15-,16+/m1/s1. The molecule has 29 heavy (non-hydrogen) atoms. The number of carbonyl (C=O) groups is 2. The van der Waals surface area contributed by atoms with Crippen LogP contribution in [0.25, 0.3) is 10.9 Å². The predicted molar refractivity (Wildman–Crippen MR) is 114 cm³/mol. The van der Waals surface area contributed by atoms with Crippen LogP contribution in [0.2, 0.25) is 0 Å². The lowest BCUT2D eigenvalue weighted by Gasteiger charge is -2.15. The number of nitrogens with one attached hydrogen (secondary N) is 1. The summed E-state index contributed by atoms with van der Waals surface area (Å²) < 4.78 is 11.2. The van der Waals surface area contributed by atoms with Crippen LogP contribution in [-0.4, -0.2) is 41.3 Å². The Kier molecular flexibility index (Phi) is 6.02. The lowest BCUT2D eigenvalue weighted by atomic mass is 10.1. The molecule has 1 aliphatic heterocycles. The number of hydrogen-bond acceptors (Lipinski definition) is 5. The zero-order valence-electron chi connectivity index (χ0n) is 16.2. The highest BCUT2D eigenvalue weighted by Crippen LogP contribution is 2.28. The van der Waals surface area contributed by atoms with Gasteiger partial charge in [0.25, 0.3) is 0 Å². The van der Waals surface area contributed by atoms with Crippen LogP contribution < -0.4 is 0 Å². The number of H-pyrrole nitrogens is 1. The molecule has 1 aromatic heterocycles. The number of benzene rings is 2. The Hall–Kier alpha value is -2.57. The number of aromatic amines is 1. The number of ether oxygens (including phenoxy) is 2. The van der Waals surface area contributed by atoms with Crippen molar-refractivity contribution >= 4 is 34.4 Å². The second-order valence-corrected chi connectivity index (χ2v) is 8.16. The van der Waals surface area contributed by atoms with E-state index in [1.807, 2.05) is 36.4 Å². The van der Waals surface area contributed by atoms with Gasteiger partial charge in [0.15, 0.2) is 6.10 Å². The smallest absolute Gasteiger partial charge is 0.339 e. The van der Waals surface area contributed by atoms with Crippen molar-refractivity contribution in [1.82, 2.24) is 4.98 Å². The minimum atomic E-state index is -0.877. The van der Waals surface area contributed by atoms with Crippen molar-refractivity contribution in [2.75, 3.05) is 12.4 Å². The first-order valence-corrected chi connectivity index (χ1v) is 10.8. The van der Waals surface area contributed by atoms with Crippen LogP contribution in [0.15, 0.2) is 59.6 Å². The quantitative estimate of drug-likeness (QED) is 0.343. The summed E-state index contributed by atoms with van der Waals surface area (Å²) in [7, 11) is 0. The maximum atomic E-state index is 12.9. The molecule has 1 N–H and O–H groups in total. The van der Waals surface area contributed by atoms with Crippen molar-refractivity contribution < 1.29 is 19.1 Å². The van der Waals surface area contributed by atoms with Crippen molar-refractivity contribution in [1.29, 1.82) is 0 Å². The van der Waals surface area contributed by atoms with Crippen molar-refractivity contribution in [3.05, 3.63) is 65.9 Å². The highest BCUT2D eigenvalue weighted by Gasteiger charge is 2.24. The average molecular weight is 410 g/mol. The normalized spacial score (nSPS) is 17.3. The maximum absolute atomic E-state index is 12.9. The van der Waals surface area contributed by atoms with E-state index in [2.05, 4.69) is 4.98 Å². The second kappa shape index (κ2) is 8.84. The zero-order chi connectivity index (χ0) is 20.2. The molecule has 0 spiro atoms. The van der Waals surface area contributed by atoms with Gasteiger partial charge >= 0.3 is 5.97 Å². The third kappa shape index (κ3) is 4.38. The summed E-state index contributed by atoms with van der Waals surface area (Å²) in [5.41, 5.74) is 1.89. The lowest BCUT2D eigenvalue weighted by Crippen LogP contribution is -2.24. The van der Waals surface area contributed by atoms with Crippen molar-refractivity contribution in [3.8, 4) is 0 Å². The Bertz CT molecular complexity index is 1020. The van der Waals surface area contributed by atoms with Crippen LogP contribution in [0, 0.1) is 0 Å². The van der Waals surface area contributed by atoms with Crippen LogP contribution in [0.4, 0.5) is 0 Å². The fourth-order valence-corrected chi connectivity index (χ4v) is 4.60. The monoisotopic (exact) mass is 409 g/mol. The number of hydrogen-bond donors (Lipinski definition) is 1. The van der Waals surface area contributed by atoms with Crippen LogP contribution in [-0.2, 0) is 9.47 Å². The SMILES string of the molecule is C[C@@H](OC(=O)c1ccccc1SC[C@@H]1CCCO1)C(=O)c1c[nH]c2ccccc12. The highest BCUT2D eigenvalue weighted by atomic mass is 32.2. The number of carbonyl (C=O) groups excluding carboxylic acids is 2. The molecule has 6 heteroatoms. The Balaban J connectivity index is 1.45. The Morgan fingerprint density at radius 2 is 1.97 bits per heavy atom. The Labute approximate surface area is 173 Å². The maximum Gasteiger partial charge on any atom is 0.339 e. The van der Waals surface area contributed by atoms with Gasteiger partial charge in [-0.2, -0.15) is 0 Å². The summed E-state index contributed by atoms with van der Waals surface area (Å²) in [6.07, 6.45) is 3.16. The molecule has 0 aliphatic carbocycles. The van der Waals surface area contributed by atoms with E-state index < -0.39 is 12.1 Å². The lowest BCUT2D eigenvalue weighted by molar-refractivity contribution is 0.0316. The van der Waals surface area contributed by atoms with E-state index in [4.69, 9.17) is 9.47 Å². The topological polar surface area (TPSA) is 68.4 Å². The van der Waals surface area contributed by atoms with E-state index >= 15 is 0 Å². The van der Waals surface area contributed by atoms with Crippen molar-refractivity contribution in [3.63, 3.8) is 0 Å². The van der Waals surface area contributed by atoms with Gasteiger partial charge in [-0.05, 0) is 38.0 Å². The largest absolute Gasteiger partial charge is 0.451 e. The molecule has 0 radical (unpaired) electrons.